The Balaban J connectivity index is 1.09. The first kappa shape index (κ1) is 44.2. The van der Waals surface area contributed by atoms with Gasteiger partial charge >= 0.3 is 5.97 Å². The minimum atomic E-state index is -0.680. The Morgan fingerprint density at radius 3 is 1.54 bits per heavy atom. The SMILES string of the molecule is COc1ccc(COC2C(C)C(COC3OC(COCc4ccccc4)C(OCc4ccccc4)C(OCc4ccccc4)C3C)OC(C)C2OC(=O)c2ccccc2)cc1. The highest BCUT2D eigenvalue weighted by atomic mass is 16.7. The number of benzene rings is 5. The Hall–Kier alpha value is -4.91. The van der Waals surface area contributed by atoms with Crippen LogP contribution in [0.5, 0.6) is 5.75 Å². The van der Waals surface area contributed by atoms with Gasteiger partial charge < -0.3 is 42.6 Å². The molecule has 2 aliphatic rings. The first-order valence-electron chi connectivity index (χ1n) is 21.2. The van der Waals surface area contributed by atoms with Crippen molar-refractivity contribution in [1.82, 2.24) is 0 Å². The van der Waals surface area contributed by atoms with Crippen molar-refractivity contribution in [3.63, 3.8) is 0 Å². The van der Waals surface area contributed by atoms with Crippen LogP contribution in [0.2, 0.25) is 0 Å². The molecule has 2 heterocycles. The highest BCUT2D eigenvalue weighted by molar-refractivity contribution is 5.89. The standard InChI is InChI=1S/C51H58O10/c1-35-44(59-37(3)48(61-50(52)42-23-15-8-16-24-42)46(35)55-32-41-25-27-43(53-4)28-26-41)34-58-51-36(2)47(56-30-39-19-11-6-12-20-39)49(57-31-40-21-13-7-14-22-40)45(60-51)33-54-29-38-17-9-5-10-18-38/h5-28,35-37,44-49,51H,29-34H2,1-4H3. The topological polar surface area (TPSA) is 100 Å². The summed E-state index contributed by atoms with van der Waals surface area (Å²) in [6.45, 7) is 7.98. The second kappa shape index (κ2) is 22.3. The minimum absolute atomic E-state index is 0.195. The van der Waals surface area contributed by atoms with Crippen LogP contribution in [0, 0.1) is 11.8 Å². The Morgan fingerprint density at radius 1 is 0.492 bits per heavy atom. The first-order valence-corrected chi connectivity index (χ1v) is 21.2. The summed E-state index contributed by atoms with van der Waals surface area (Å²) in [5, 5.41) is 0. The molecule has 0 radical (unpaired) electrons. The highest BCUT2D eigenvalue weighted by Gasteiger charge is 2.49. The van der Waals surface area contributed by atoms with Crippen molar-refractivity contribution in [1.29, 1.82) is 0 Å². The van der Waals surface area contributed by atoms with E-state index in [1.165, 1.54) is 0 Å². The van der Waals surface area contributed by atoms with E-state index in [9.17, 15) is 4.79 Å². The summed E-state index contributed by atoms with van der Waals surface area (Å²) in [5.41, 5.74) is 4.59. The maximum atomic E-state index is 13.4. The van der Waals surface area contributed by atoms with Gasteiger partial charge in [0.1, 0.15) is 24.1 Å². The molecule has 5 aromatic carbocycles. The highest BCUT2D eigenvalue weighted by Crippen LogP contribution is 2.36. The summed E-state index contributed by atoms with van der Waals surface area (Å²) in [7, 11) is 1.64. The molecule has 2 aliphatic heterocycles. The molecule has 10 atom stereocenters. The lowest BCUT2D eigenvalue weighted by atomic mass is 9.88. The summed E-state index contributed by atoms with van der Waals surface area (Å²) < 4.78 is 58.2. The number of ether oxygens (including phenoxy) is 9. The van der Waals surface area contributed by atoms with Gasteiger partial charge in [-0.25, -0.2) is 4.79 Å². The molecule has 10 heteroatoms. The quantitative estimate of drug-likeness (QED) is 0.0750. The monoisotopic (exact) mass is 830 g/mol. The molecule has 0 N–H and O–H groups in total. The van der Waals surface area contributed by atoms with E-state index in [4.69, 9.17) is 42.6 Å². The van der Waals surface area contributed by atoms with Crippen LogP contribution in [0.1, 0.15) is 53.4 Å². The molecule has 10 unspecified atom stereocenters. The lowest BCUT2D eigenvalue weighted by Gasteiger charge is -2.47. The molecule has 0 amide bonds. The second-order valence-corrected chi connectivity index (χ2v) is 15.9. The molecule has 2 fully saturated rings. The first-order chi connectivity index (χ1) is 29.9. The molecule has 5 aromatic rings. The molecule has 2 saturated heterocycles. The van der Waals surface area contributed by atoms with Crippen molar-refractivity contribution in [2.45, 2.75) is 96.2 Å². The van der Waals surface area contributed by atoms with Crippen LogP contribution in [0.15, 0.2) is 146 Å². The molecule has 0 spiro atoms. The third-order valence-electron chi connectivity index (χ3n) is 11.5. The number of carbonyl (C=O) groups is 1. The average Bonchev–Trinajstić information content (AvgIpc) is 3.30. The Labute approximate surface area is 359 Å². The van der Waals surface area contributed by atoms with Crippen LogP contribution in [0.25, 0.3) is 0 Å². The van der Waals surface area contributed by atoms with Gasteiger partial charge in [0, 0.05) is 11.8 Å². The Morgan fingerprint density at radius 2 is 0.984 bits per heavy atom. The Bertz CT molecular complexity index is 2020. The minimum Gasteiger partial charge on any atom is -0.497 e. The number of methoxy groups -OCH3 is 1. The van der Waals surface area contributed by atoms with E-state index in [1.807, 2.05) is 135 Å². The fourth-order valence-corrected chi connectivity index (χ4v) is 7.94. The van der Waals surface area contributed by atoms with E-state index in [-0.39, 0.29) is 25.0 Å². The van der Waals surface area contributed by atoms with E-state index in [2.05, 4.69) is 19.1 Å². The van der Waals surface area contributed by atoms with Crippen LogP contribution < -0.4 is 4.74 Å². The lowest BCUT2D eigenvalue weighted by molar-refractivity contribution is -0.312. The Kier molecular flexibility index (Phi) is 16.1. The zero-order valence-electron chi connectivity index (χ0n) is 35.5. The molecule has 0 saturated carbocycles. The van der Waals surface area contributed by atoms with Crippen LogP contribution in [-0.2, 0) is 64.3 Å². The third-order valence-corrected chi connectivity index (χ3v) is 11.5. The van der Waals surface area contributed by atoms with Crippen LogP contribution in [-0.4, -0.2) is 75.3 Å². The predicted molar refractivity (Wildman–Crippen MR) is 231 cm³/mol. The second-order valence-electron chi connectivity index (χ2n) is 15.9. The van der Waals surface area contributed by atoms with Crippen molar-refractivity contribution in [3.8, 4) is 5.75 Å². The summed E-state index contributed by atoms with van der Waals surface area (Å²) in [4.78, 5) is 13.4. The van der Waals surface area contributed by atoms with Crippen LogP contribution >= 0.6 is 0 Å². The van der Waals surface area contributed by atoms with E-state index in [0.29, 0.717) is 32.0 Å². The van der Waals surface area contributed by atoms with Crippen LogP contribution in [0.3, 0.4) is 0 Å². The van der Waals surface area contributed by atoms with Gasteiger partial charge in [-0.2, -0.15) is 0 Å². The molecule has 0 bridgehead atoms. The van der Waals surface area contributed by atoms with Crippen molar-refractivity contribution >= 4 is 5.97 Å². The van der Waals surface area contributed by atoms with Gasteiger partial charge in [-0.3, -0.25) is 0 Å². The number of hydrogen-bond acceptors (Lipinski definition) is 10. The van der Waals surface area contributed by atoms with Crippen molar-refractivity contribution in [3.05, 3.63) is 173 Å². The van der Waals surface area contributed by atoms with Gasteiger partial charge in [-0.15, -0.1) is 0 Å². The summed E-state index contributed by atoms with van der Waals surface area (Å²) in [5.74, 6) is -0.155. The average molecular weight is 831 g/mol. The molecule has 0 aromatic heterocycles. The van der Waals surface area contributed by atoms with Crippen molar-refractivity contribution in [2.24, 2.45) is 11.8 Å². The fourth-order valence-electron chi connectivity index (χ4n) is 7.94. The van der Waals surface area contributed by atoms with Crippen molar-refractivity contribution in [2.75, 3.05) is 20.3 Å². The molecule has 0 aliphatic carbocycles. The number of rotatable bonds is 19. The molecular formula is C51H58O10. The summed E-state index contributed by atoms with van der Waals surface area (Å²) in [6, 6.07) is 47.0. The molecule has 61 heavy (non-hydrogen) atoms. The van der Waals surface area contributed by atoms with Gasteiger partial charge in [0.05, 0.1) is 70.6 Å². The zero-order valence-corrected chi connectivity index (χ0v) is 35.5. The predicted octanol–water partition coefficient (Wildman–Crippen LogP) is 8.99. The largest absolute Gasteiger partial charge is 0.497 e. The summed E-state index contributed by atoms with van der Waals surface area (Å²) >= 11 is 0. The van der Waals surface area contributed by atoms with Gasteiger partial charge in [-0.05, 0) is 53.4 Å². The van der Waals surface area contributed by atoms with Gasteiger partial charge in [0.2, 0.25) is 0 Å². The van der Waals surface area contributed by atoms with Gasteiger partial charge in [0.15, 0.2) is 12.4 Å². The third kappa shape index (κ3) is 12.1. The van der Waals surface area contributed by atoms with Crippen molar-refractivity contribution < 1.29 is 47.4 Å². The number of esters is 1. The lowest BCUT2D eigenvalue weighted by Crippen LogP contribution is -2.59. The van der Waals surface area contributed by atoms with E-state index < -0.39 is 55.0 Å². The number of carbonyl (C=O) groups excluding carboxylic acids is 1. The maximum Gasteiger partial charge on any atom is 0.338 e. The normalized spacial score (nSPS) is 26.4. The van der Waals surface area contributed by atoms with E-state index in [1.54, 1.807) is 19.2 Å². The molecule has 7 rings (SSSR count). The molecule has 10 nitrogen and oxygen atoms in total. The zero-order chi connectivity index (χ0) is 42.4. The number of hydrogen-bond donors (Lipinski definition) is 0. The maximum absolute atomic E-state index is 13.4. The molecular weight excluding hydrogens is 773 g/mol. The van der Waals surface area contributed by atoms with E-state index >= 15 is 0 Å². The fraction of sp³-hybridized carbons (Fsp3) is 0.392. The van der Waals surface area contributed by atoms with Crippen LogP contribution in [0.4, 0.5) is 0 Å². The smallest absolute Gasteiger partial charge is 0.338 e. The molecule has 322 valence electrons. The summed E-state index contributed by atoms with van der Waals surface area (Å²) in [6.07, 6.45) is -4.16. The van der Waals surface area contributed by atoms with Gasteiger partial charge in [0.25, 0.3) is 0 Å². The van der Waals surface area contributed by atoms with Gasteiger partial charge in [-0.1, -0.05) is 135 Å². The van der Waals surface area contributed by atoms with E-state index in [0.717, 1.165) is 28.0 Å².